The maximum absolute atomic E-state index is 13.2. The molecule has 8 nitrogen and oxygen atoms in total. The molecule has 1 amide bonds. The van der Waals surface area contributed by atoms with Gasteiger partial charge in [0, 0.05) is 37.7 Å². The summed E-state index contributed by atoms with van der Waals surface area (Å²) in [4.78, 5) is 26.9. The molecule has 0 atom stereocenters. The predicted octanol–water partition coefficient (Wildman–Crippen LogP) is 2.22. The van der Waals surface area contributed by atoms with Gasteiger partial charge in [-0.15, -0.1) is 0 Å². The monoisotopic (exact) mass is 528 g/mol. The molecule has 1 heterocycles. The van der Waals surface area contributed by atoms with Crippen LogP contribution >= 0.6 is 11.3 Å². The fourth-order valence-corrected chi connectivity index (χ4v) is 4.44. The topological polar surface area (TPSA) is 114 Å². The molecule has 38 heavy (non-hydrogen) atoms. The predicted molar refractivity (Wildman–Crippen MR) is 146 cm³/mol. The minimum absolute atomic E-state index is 0.240. The number of hydrogen-bond donors (Lipinski definition) is 2. The van der Waals surface area contributed by atoms with Gasteiger partial charge in [0.1, 0.15) is 27.6 Å². The van der Waals surface area contributed by atoms with Crippen LogP contribution in [0.25, 0.3) is 11.5 Å². The van der Waals surface area contributed by atoms with Gasteiger partial charge in [-0.05, 0) is 55.3 Å². The highest BCUT2D eigenvalue weighted by Crippen LogP contribution is 2.15. The number of likely N-dealkylation sites (N-methyl/N-ethyl adjacent to an activating group) is 1. The third kappa shape index (κ3) is 7.33. The number of nitrogens with one attached hydrogen (secondary N) is 2. The first-order chi connectivity index (χ1) is 18.4. The highest BCUT2D eigenvalue weighted by molar-refractivity contribution is 7.07. The third-order valence-electron chi connectivity index (χ3n) is 5.47. The Hall–Kier alpha value is -4.85. The Labute approximate surface area is 223 Å². The van der Waals surface area contributed by atoms with E-state index in [1.165, 1.54) is 22.9 Å². The summed E-state index contributed by atoms with van der Waals surface area (Å²) in [5.41, 5.74) is 7.85. The first-order valence-corrected chi connectivity index (χ1v) is 12.5. The van der Waals surface area contributed by atoms with Crippen LogP contribution in [0.3, 0.4) is 0 Å². The van der Waals surface area contributed by atoms with Crippen molar-refractivity contribution in [2.24, 2.45) is 0 Å². The molecule has 0 unspecified atom stereocenters. The minimum atomic E-state index is -0.732. The van der Waals surface area contributed by atoms with Gasteiger partial charge >= 0.3 is 0 Å². The standard InChI is InChI=1S/C28H25FN6O2S/c1-3-35-26(18-21(19-31)27(36)33-15-13-30)38-25(28(35)37)11-14-32-23-6-4-5-20(17-23)12-16-34(2)24-9-7-22(29)8-10-24/h4-10,14,17,32H,3,12,15-16H2,1-2H3,(H,33,36). The Morgan fingerprint density at radius 2 is 1.97 bits per heavy atom. The minimum Gasteiger partial charge on any atom is -0.374 e. The lowest BCUT2D eigenvalue weighted by molar-refractivity contribution is -0.116. The van der Waals surface area contributed by atoms with Gasteiger partial charge in [0.05, 0.1) is 6.07 Å². The zero-order valence-electron chi connectivity index (χ0n) is 20.9. The first kappa shape index (κ1) is 27.7. The van der Waals surface area contributed by atoms with Crippen molar-refractivity contribution in [3.63, 3.8) is 0 Å². The molecule has 1 aromatic heterocycles. The molecule has 2 N–H and O–H groups in total. The van der Waals surface area contributed by atoms with E-state index < -0.39 is 5.91 Å². The van der Waals surface area contributed by atoms with Crippen LogP contribution in [0.4, 0.5) is 15.8 Å². The summed E-state index contributed by atoms with van der Waals surface area (Å²) < 4.78 is 15.1. The zero-order chi connectivity index (χ0) is 27.5. The Balaban J connectivity index is 1.81. The number of aromatic nitrogens is 1. The van der Waals surface area contributed by atoms with Crippen LogP contribution in [-0.2, 0) is 17.8 Å². The summed E-state index contributed by atoms with van der Waals surface area (Å²) in [5, 5.41) is 23.3. The van der Waals surface area contributed by atoms with E-state index in [4.69, 9.17) is 5.26 Å². The second-order valence-corrected chi connectivity index (χ2v) is 9.02. The van der Waals surface area contributed by atoms with Crippen molar-refractivity contribution in [1.82, 2.24) is 9.88 Å². The number of halogens is 1. The Kier molecular flexibility index (Phi) is 9.82. The van der Waals surface area contributed by atoms with Crippen molar-refractivity contribution in [3.05, 3.63) is 91.2 Å². The fraction of sp³-hybridized carbons (Fsp3) is 0.214. The summed E-state index contributed by atoms with van der Waals surface area (Å²) in [6.07, 6.45) is 2.31. The Bertz CT molecular complexity index is 1650. The van der Waals surface area contributed by atoms with Gasteiger partial charge in [0.15, 0.2) is 5.57 Å². The number of hydrogen-bond acceptors (Lipinski definition) is 7. The van der Waals surface area contributed by atoms with Crippen LogP contribution in [0.15, 0.2) is 65.1 Å². The number of amides is 1. The van der Waals surface area contributed by atoms with Gasteiger partial charge in [0.25, 0.3) is 11.5 Å². The SMILES string of the molecule is CCn1c(=C=C(C#N)C(=O)NCC#N)sc(=C=CNc2cccc(CCN(C)c3ccc(F)cc3)c2)c1=O. The lowest BCUT2D eigenvalue weighted by Crippen LogP contribution is -2.30. The molecule has 0 bridgehead atoms. The molecular weight excluding hydrogens is 503 g/mol. The molecule has 0 aliphatic heterocycles. The van der Waals surface area contributed by atoms with Crippen molar-refractivity contribution in [2.45, 2.75) is 19.9 Å². The lowest BCUT2D eigenvalue weighted by Gasteiger charge is -2.19. The van der Waals surface area contributed by atoms with E-state index in [9.17, 15) is 19.2 Å². The van der Waals surface area contributed by atoms with Crippen molar-refractivity contribution in [1.29, 1.82) is 10.5 Å². The highest BCUT2D eigenvalue weighted by Gasteiger charge is 2.09. The van der Waals surface area contributed by atoms with Crippen LogP contribution < -0.4 is 30.3 Å². The molecule has 0 aliphatic carbocycles. The molecule has 0 fully saturated rings. The quantitative estimate of drug-likeness (QED) is 0.250. The number of carbonyl (C=O) groups is 1. The Morgan fingerprint density at radius 3 is 2.66 bits per heavy atom. The number of nitriles is 2. The van der Waals surface area contributed by atoms with E-state index in [1.807, 2.05) is 31.3 Å². The van der Waals surface area contributed by atoms with E-state index in [-0.39, 0.29) is 28.0 Å². The van der Waals surface area contributed by atoms with E-state index >= 15 is 0 Å². The zero-order valence-corrected chi connectivity index (χ0v) is 21.7. The lowest BCUT2D eigenvalue weighted by atomic mass is 10.1. The second-order valence-electron chi connectivity index (χ2n) is 8.02. The van der Waals surface area contributed by atoms with Gasteiger partial charge in [-0.1, -0.05) is 34.9 Å². The molecule has 0 saturated carbocycles. The maximum atomic E-state index is 13.2. The van der Waals surface area contributed by atoms with Crippen LogP contribution in [0.2, 0.25) is 0 Å². The molecule has 3 rings (SSSR count). The molecule has 0 saturated heterocycles. The van der Waals surface area contributed by atoms with E-state index in [1.54, 1.807) is 31.2 Å². The van der Waals surface area contributed by atoms with Crippen molar-refractivity contribution >= 4 is 40.1 Å². The molecule has 3 aromatic rings. The van der Waals surface area contributed by atoms with Crippen LogP contribution in [0.1, 0.15) is 12.5 Å². The second kappa shape index (κ2) is 13.5. The molecular formula is C28H25FN6O2S. The molecule has 2 aromatic carbocycles. The summed E-state index contributed by atoms with van der Waals surface area (Å²) >= 11 is 1.06. The number of carbonyl (C=O) groups excluding carboxylic acids is 1. The largest absolute Gasteiger partial charge is 0.374 e. The number of nitrogens with zero attached hydrogens (tertiary/aromatic N) is 4. The van der Waals surface area contributed by atoms with Gasteiger partial charge in [-0.25, -0.2) is 4.39 Å². The van der Waals surface area contributed by atoms with E-state index in [2.05, 4.69) is 27.0 Å². The van der Waals surface area contributed by atoms with E-state index in [0.717, 1.165) is 41.2 Å². The number of rotatable bonds is 9. The van der Waals surface area contributed by atoms with Crippen molar-refractivity contribution in [3.8, 4) is 12.1 Å². The molecule has 0 spiro atoms. The average Bonchev–Trinajstić information content (AvgIpc) is 3.23. The van der Waals surface area contributed by atoms with Crippen LogP contribution in [-0.4, -0.2) is 30.6 Å². The number of benzene rings is 2. The summed E-state index contributed by atoms with van der Waals surface area (Å²) in [6.45, 7) is 2.59. The Morgan fingerprint density at radius 1 is 1.21 bits per heavy atom. The highest BCUT2D eigenvalue weighted by atomic mass is 32.1. The van der Waals surface area contributed by atoms with Crippen LogP contribution in [0.5, 0.6) is 0 Å². The smallest absolute Gasteiger partial charge is 0.277 e. The van der Waals surface area contributed by atoms with Crippen molar-refractivity contribution in [2.75, 3.05) is 30.4 Å². The van der Waals surface area contributed by atoms with E-state index in [0.29, 0.717) is 11.2 Å². The van der Waals surface area contributed by atoms with Gasteiger partial charge in [-0.2, -0.15) is 10.5 Å². The maximum Gasteiger partial charge on any atom is 0.277 e. The number of thiazole rings is 1. The van der Waals surface area contributed by atoms with Gasteiger partial charge in [-0.3, -0.25) is 14.2 Å². The molecule has 10 heteroatoms. The summed E-state index contributed by atoms with van der Waals surface area (Å²) in [6, 6.07) is 17.7. The third-order valence-corrected chi connectivity index (χ3v) is 6.48. The summed E-state index contributed by atoms with van der Waals surface area (Å²) in [5.74, 6) is -0.997. The van der Waals surface area contributed by atoms with Crippen molar-refractivity contribution < 1.29 is 9.18 Å². The first-order valence-electron chi connectivity index (χ1n) is 11.7. The molecule has 192 valence electrons. The molecule has 0 aliphatic rings. The van der Waals surface area contributed by atoms with Crippen LogP contribution in [0, 0.1) is 28.5 Å². The number of anilines is 2. The van der Waals surface area contributed by atoms with Gasteiger partial charge < -0.3 is 15.5 Å². The summed E-state index contributed by atoms with van der Waals surface area (Å²) in [7, 11) is 1.95. The normalized spacial score (nSPS) is 9.82. The average molecular weight is 529 g/mol. The van der Waals surface area contributed by atoms with Gasteiger partial charge in [0.2, 0.25) is 0 Å². The fourth-order valence-electron chi connectivity index (χ4n) is 3.46. The molecule has 0 radical (unpaired) electrons.